The van der Waals surface area contributed by atoms with Crippen LogP contribution in [0.3, 0.4) is 0 Å². The molecule has 6 heteroatoms. The number of ether oxygens (including phenoxy) is 1. The maximum atomic E-state index is 13.2. The summed E-state index contributed by atoms with van der Waals surface area (Å²) in [4.78, 5) is 0.277. The maximum Gasteiger partial charge on any atom is 0.243 e. The number of sulfonamides is 1. The minimum absolute atomic E-state index is 0.260. The van der Waals surface area contributed by atoms with Crippen LogP contribution in [0.25, 0.3) is 0 Å². The number of nitrogens with zero attached hydrogens (tertiary/aromatic N) is 1. The fourth-order valence-electron chi connectivity index (χ4n) is 2.83. The number of hydrogen-bond acceptors (Lipinski definition) is 3. The Morgan fingerprint density at radius 1 is 1.08 bits per heavy atom. The van der Waals surface area contributed by atoms with Gasteiger partial charge in [0.25, 0.3) is 0 Å². The highest BCUT2D eigenvalue weighted by molar-refractivity contribution is 7.89. The lowest BCUT2D eigenvalue weighted by molar-refractivity contribution is 0.0320. The van der Waals surface area contributed by atoms with E-state index in [0.717, 1.165) is 16.7 Å². The highest BCUT2D eigenvalue weighted by Gasteiger charge is 2.35. The highest BCUT2D eigenvalue weighted by Crippen LogP contribution is 2.31. The van der Waals surface area contributed by atoms with Gasteiger partial charge in [0.05, 0.1) is 24.2 Å². The van der Waals surface area contributed by atoms with Gasteiger partial charge in [0.15, 0.2) is 0 Å². The van der Waals surface area contributed by atoms with Crippen LogP contribution in [0, 0.1) is 19.7 Å². The summed E-state index contributed by atoms with van der Waals surface area (Å²) in [6.07, 6.45) is 0. The van der Waals surface area contributed by atoms with Gasteiger partial charge in [-0.25, -0.2) is 12.8 Å². The molecule has 1 fully saturated rings. The topological polar surface area (TPSA) is 46.6 Å². The van der Waals surface area contributed by atoms with Gasteiger partial charge in [-0.1, -0.05) is 18.2 Å². The number of morpholine rings is 1. The van der Waals surface area contributed by atoms with Crippen LogP contribution in [-0.2, 0) is 14.8 Å². The van der Waals surface area contributed by atoms with Crippen molar-refractivity contribution in [2.75, 3.05) is 19.8 Å². The van der Waals surface area contributed by atoms with Crippen molar-refractivity contribution in [3.63, 3.8) is 0 Å². The summed E-state index contributed by atoms with van der Waals surface area (Å²) in [6.45, 7) is 4.72. The zero-order valence-electron chi connectivity index (χ0n) is 13.7. The molecule has 1 heterocycles. The number of aryl methyl sites for hydroxylation is 2. The van der Waals surface area contributed by atoms with Crippen molar-refractivity contribution in [3.8, 4) is 0 Å². The van der Waals surface area contributed by atoms with Gasteiger partial charge in [-0.15, -0.1) is 0 Å². The fourth-order valence-corrected chi connectivity index (χ4v) is 4.50. The van der Waals surface area contributed by atoms with Gasteiger partial charge >= 0.3 is 0 Å². The second-order valence-corrected chi connectivity index (χ2v) is 7.89. The van der Waals surface area contributed by atoms with Crippen molar-refractivity contribution in [1.82, 2.24) is 4.31 Å². The third-order valence-electron chi connectivity index (χ3n) is 4.42. The van der Waals surface area contributed by atoms with E-state index < -0.39 is 16.1 Å². The average Bonchev–Trinajstić information content (AvgIpc) is 2.58. The summed E-state index contributed by atoms with van der Waals surface area (Å²) in [5.41, 5.74) is 2.71. The van der Waals surface area contributed by atoms with E-state index in [1.807, 2.05) is 19.9 Å². The minimum Gasteiger partial charge on any atom is -0.378 e. The van der Waals surface area contributed by atoms with E-state index >= 15 is 0 Å². The van der Waals surface area contributed by atoms with E-state index in [2.05, 4.69) is 0 Å². The standard InChI is InChI=1S/C18H20FNO3S/c1-13-3-8-17(11-14(13)2)24(21,22)20-9-10-23-12-18(20)15-4-6-16(19)7-5-15/h3-8,11,18H,9-10,12H2,1-2H3. The Morgan fingerprint density at radius 2 is 1.79 bits per heavy atom. The van der Waals surface area contributed by atoms with E-state index in [1.165, 1.54) is 16.4 Å². The molecule has 0 N–H and O–H groups in total. The third-order valence-corrected chi connectivity index (χ3v) is 6.32. The summed E-state index contributed by atoms with van der Waals surface area (Å²) in [5, 5.41) is 0. The van der Waals surface area contributed by atoms with E-state index in [-0.39, 0.29) is 23.9 Å². The van der Waals surface area contributed by atoms with Gasteiger partial charge in [-0.05, 0) is 54.8 Å². The second kappa shape index (κ2) is 6.63. The molecule has 4 nitrogen and oxygen atoms in total. The van der Waals surface area contributed by atoms with Crippen LogP contribution >= 0.6 is 0 Å². The van der Waals surface area contributed by atoms with Crippen molar-refractivity contribution in [3.05, 3.63) is 65.0 Å². The Kier molecular flexibility index (Phi) is 4.71. The predicted octanol–water partition coefficient (Wildman–Crippen LogP) is 3.20. The van der Waals surface area contributed by atoms with Crippen LogP contribution in [0.1, 0.15) is 22.7 Å². The fraction of sp³-hybridized carbons (Fsp3) is 0.333. The average molecular weight is 349 g/mol. The Labute approximate surface area is 141 Å². The largest absolute Gasteiger partial charge is 0.378 e. The molecule has 1 atom stereocenters. The Hall–Kier alpha value is -1.76. The van der Waals surface area contributed by atoms with Crippen LogP contribution in [0.5, 0.6) is 0 Å². The zero-order chi connectivity index (χ0) is 17.3. The maximum absolute atomic E-state index is 13.2. The van der Waals surface area contributed by atoms with Crippen LogP contribution in [0.15, 0.2) is 47.4 Å². The summed E-state index contributed by atoms with van der Waals surface area (Å²) in [6, 6.07) is 10.6. The predicted molar refractivity (Wildman–Crippen MR) is 89.8 cm³/mol. The molecular weight excluding hydrogens is 329 g/mol. The Morgan fingerprint density at radius 3 is 2.46 bits per heavy atom. The first-order chi connectivity index (χ1) is 11.4. The molecule has 2 aromatic carbocycles. The molecule has 0 spiro atoms. The quantitative estimate of drug-likeness (QED) is 0.855. The summed E-state index contributed by atoms with van der Waals surface area (Å²) >= 11 is 0. The summed E-state index contributed by atoms with van der Waals surface area (Å²) in [5.74, 6) is -0.348. The molecule has 0 saturated carbocycles. The number of hydrogen-bond donors (Lipinski definition) is 0. The van der Waals surface area contributed by atoms with Gasteiger partial charge in [-0.2, -0.15) is 4.31 Å². The molecule has 1 aliphatic rings. The van der Waals surface area contributed by atoms with E-state index in [0.29, 0.717) is 6.61 Å². The SMILES string of the molecule is Cc1ccc(S(=O)(=O)N2CCOCC2c2ccc(F)cc2)cc1C. The van der Waals surface area contributed by atoms with Crippen molar-refractivity contribution in [1.29, 1.82) is 0 Å². The van der Waals surface area contributed by atoms with E-state index in [4.69, 9.17) is 4.74 Å². The van der Waals surface area contributed by atoms with Crippen molar-refractivity contribution >= 4 is 10.0 Å². The van der Waals surface area contributed by atoms with Crippen LogP contribution in [0.2, 0.25) is 0 Å². The lowest BCUT2D eigenvalue weighted by atomic mass is 10.1. The highest BCUT2D eigenvalue weighted by atomic mass is 32.2. The Balaban J connectivity index is 2.00. The van der Waals surface area contributed by atoms with Gasteiger partial charge in [0, 0.05) is 6.54 Å². The third kappa shape index (κ3) is 3.22. The number of rotatable bonds is 3. The lowest BCUT2D eigenvalue weighted by Crippen LogP contribution is -2.43. The first-order valence-electron chi connectivity index (χ1n) is 7.82. The van der Waals surface area contributed by atoms with Crippen molar-refractivity contribution in [2.45, 2.75) is 24.8 Å². The molecule has 1 saturated heterocycles. The van der Waals surface area contributed by atoms with Crippen LogP contribution < -0.4 is 0 Å². The van der Waals surface area contributed by atoms with Crippen LogP contribution in [-0.4, -0.2) is 32.5 Å². The van der Waals surface area contributed by atoms with Gasteiger partial charge in [0.1, 0.15) is 5.82 Å². The normalized spacial score (nSPS) is 19.4. The second-order valence-electron chi connectivity index (χ2n) is 6.00. The minimum atomic E-state index is -3.65. The first kappa shape index (κ1) is 17.1. The molecule has 0 aliphatic carbocycles. The van der Waals surface area contributed by atoms with Crippen molar-refractivity contribution < 1.29 is 17.5 Å². The number of benzene rings is 2. The molecule has 0 aromatic heterocycles. The summed E-state index contributed by atoms with van der Waals surface area (Å²) in [7, 11) is -3.65. The van der Waals surface area contributed by atoms with E-state index in [9.17, 15) is 12.8 Å². The molecule has 128 valence electrons. The molecular formula is C18H20FNO3S. The molecule has 24 heavy (non-hydrogen) atoms. The van der Waals surface area contributed by atoms with Crippen LogP contribution in [0.4, 0.5) is 4.39 Å². The molecule has 0 bridgehead atoms. The molecule has 2 aromatic rings. The molecule has 0 amide bonds. The number of halogens is 1. The van der Waals surface area contributed by atoms with Gasteiger partial charge in [0.2, 0.25) is 10.0 Å². The van der Waals surface area contributed by atoms with E-state index in [1.54, 1.807) is 24.3 Å². The molecule has 3 rings (SSSR count). The molecule has 1 aliphatic heterocycles. The monoisotopic (exact) mass is 349 g/mol. The smallest absolute Gasteiger partial charge is 0.243 e. The van der Waals surface area contributed by atoms with Crippen molar-refractivity contribution in [2.24, 2.45) is 0 Å². The van der Waals surface area contributed by atoms with Gasteiger partial charge in [-0.3, -0.25) is 0 Å². The molecule has 0 radical (unpaired) electrons. The van der Waals surface area contributed by atoms with Gasteiger partial charge < -0.3 is 4.74 Å². The summed E-state index contributed by atoms with van der Waals surface area (Å²) < 4.78 is 46.3. The zero-order valence-corrected chi connectivity index (χ0v) is 14.5. The first-order valence-corrected chi connectivity index (χ1v) is 9.26. The lowest BCUT2D eigenvalue weighted by Gasteiger charge is -2.35. The molecule has 1 unspecified atom stereocenters. The Bertz CT molecular complexity index is 834.